The molecule has 0 aromatic heterocycles. The number of ether oxygens (including phenoxy) is 1. The van der Waals surface area contributed by atoms with Crippen LogP contribution < -0.4 is 10.5 Å². The lowest BCUT2D eigenvalue weighted by Crippen LogP contribution is -2.39. The van der Waals surface area contributed by atoms with E-state index in [1.165, 1.54) is 0 Å². The van der Waals surface area contributed by atoms with Crippen LogP contribution in [0.3, 0.4) is 0 Å². The molecule has 19 heavy (non-hydrogen) atoms. The second kappa shape index (κ2) is 5.58. The van der Waals surface area contributed by atoms with E-state index in [9.17, 15) is 8.42 Å². The van der Waals surface area contributed by atoms with E-state index in [1.54, 1.807) is 19.1 Å². The van der Waals surface area contributed by atoms with E-state index in [2.05, 4.69) is 4.72 Å². The minimum absolute atomic E-state index is 0.0900. The zero-order valence-corrected chi connectivity index (χ0v) is 12.0. The Morgan fingerprint density at radius 3 is 2.79 bits per heavy atom. The van der Waals surface area contributed by atoms with Crippen LogP contribution in [0.4, 0.5) is 0 Å². The molecule has 1 aliphatic rings. The highest BCUT2D eigenvalue weighted by Crippen LogP contribution is 2.21. The summed E-state index contributed by atoms with van der Waals surface area (Å²) in [6.07, 6.45) is 0.614. The number of nitrogens with two attached hydrogens (primary N) is 1. The summed E-state index contributed by atoms with van der Waals surface area (Å²) in [5, 5.41) is 0. The van der Waals surface area contributed by atoms with Gasteiger partial charge >= 0.3 is 0 Å². The van der Waals surface area contributed by atoms with Crippen LogP contribution >= 0.6 is 0 Å². The first-order chi connectivity index (χ1) is 8.95. The van der Waals surface area contributed by atoms with Crippen LogP contribution in [0.5, 0.6) is 0 Å². The Hall–Kier alpha value is -0.950. The average molecular weight is 284 g/mol. The third-order valence-electron chi connectivity index (χ3n) is 3.59. The van der Waals surface area contributed by atoms with E-state index < -0.39 is 10.0 Å². The number of hydrogen-bond donors (Lipinski definition) is 2. The smallest absolute Gasteiger partial charge is 0.241 e. The van der Waals surface area contributed by atoms with Gasteiger partial charge in [0.1, 0.15) is 0 Å². The summed E-state index contributed by atoms with van der Waals surface area (Å²) in [4.78, 5) is 0.301. The van der Waals surface area contributed by atoms with Crippen molar-refractivity contribution in [2.45, 2.75) is 43.9 Å². The molecule has 1 aliphatic heterocycles. The number of hydrogen-bond acceptors (Lipinski definition) is 4. The molecule has 1 fully saturated rings. The van der Waals surface area contributed by atoms with Gasteiger partial charge in [0.15, 0.2) is 0 Å². The van der Waals surface area contributed by atoms with Crippen LogP contribution in [0.25, 0.3) is 0 Å². The lowest BCUT2D eigenvalue weighted by Gasteiger charge is -2.18. The van der Waals surface area contributed by atoms with Gasteiger partial charge in [-0.25, -0.2) is 13.1 Å². The second-order valence-electron chi connectivity index (χ2n) is 4.84. The molecule has 0 aliphatic carbocycles. The van der Waals surface area contributed by atoms with Crippen molar-refractivity contribution in [3.8, 4) is 0 Å². The Bertz CT molecular complexity index is 557. The standard InChI is InChI=1S/C13H20N2O3S/c1-9-11(8-14)4-3-5-13(9)19(16,17)15-12-6-7-18-10(12)2/h3-5,10,12,15H,6-8,14H2,1-2H3. The predicted octanol–water partition coefficient (Wildman–Crippen LogP) is 0.909. The van der Waals surface area contributed by atoms with Gasteiger partial charge in [-0.2, -0.15) is 0 Å². The first kappa shape index (κ1) is 14.5. The van der Waals surface area contributed by atoms with Crippen molar-refractivity contribution in [2.24, 2.45) is 5.73 Å². The molecular formula is C13H20N2O3S. The highest BCUT2D eigenvalue weighted by molar-refractivity contribution is 7.89. The third-order valence-corrected chi connectivity index (χ3v) is 5.22. The Kier molecular flexibility index (Phi) is 4.25. The first-order valence-electron chi connectivity index (χ1n) is 6.38. The van der Waals surface area contributed by atoms with Crippen LogP contribution in [-0.4, -0.2) is 27.2 Å². The molecule has 6 heteroatoms. The quantitative estimate of drug-likeness (QED) is 0.861. The maximum atomic E-state index is 12.4. The van der Waals surface area contributed by atoms with Crippen molar-refractivity contribution in [2.75, 3.05) is 6.61 Å². The summed E-state index contributed by atoms with van der Waals surface area (Å²) < 4.78 is 32.9. The molecule has 3 N–H and O–H groups in total. The van der Waals surface area contributed by atoms with Gasteiger partial charge in [0.05, 0.1) is 17.0 Å². The molecule has 1 aromatic carbocycles. The second-order valence-corrected chi connectivity index (χ2v) is 6.52. The van der Waals surface area contributed by atoms with E-state index in [1.807, 2.05) is 13.0 Å². The van der Waals surface area contributed by atoms with Crippen molar-refractivity contribution < 1.29 is 13.2 Å². The summed E-state index contributed by atoms with van der Waals surface area (Å²) in [6, 6.07) is 5.01. The molecule has 1 heterocycles. The lowest BCUT2D eigenvalue weighted by atomic mass is 10.1. The highest BCUT2D eigenvalue weighted by atomic mass is 32.2. The zero-order valence-electron chi connectivity index (χ0n) is 11.2. The SMILES string of the molecule is Cc1c(CN)cccc1S(=O)(=O)NC1CCOC1C. The van der Waals surface area contributed by atoms with Gasteiger partial charge < -0.3 is 10.5 Å². The fourth-order valence-electron chi connectivity index (χ4n) is 2.32. The molecule has 2 unspecified atom stereocenters. The zero-order chi connectivity index (χ0) is 14.0. The van der Waals surface area contributed by atoms with E-state index in [-0.39, 0.29) is 12.1 Å². The molecule has 1 aromatic rings. The summed E-state index contributed by atoms with van der Waals surface area (Å²) in [5.74, 6) is 0. The molecule has 5 nitrogen and oxygen atoms in total. The minimum Gasteiger partial charge on any atom is -0.377 e. The summed E-state index contributed by atoms with van der Waals surface area (Å²) in [6.45, 7) is 4.59. The van der Waals surface area contributed by atoms with Gasteiger partial charge in [-0.1, -0.05) is 12.1 Å². The number of benzene rings is 1. The number of sulfonamides is 1. The van der Waals surface area contributed by atoms with Gasteiger partial charge in [0.25, 0.3) is 0 Å². The van der Waals surface area contributed by atoms with Gasteiger partial charge in [-0.05, 0) is 37.5 Å². The molecule has 1 saturated heterocycles. The number of nitrogens with one attached hydrogen (secondary N) is 1. The maximum Gasteiger partial charge on any atom is 0.241 e. The van der Waals surface area contributed by atoms with Crippen LogP contribution in [0.2, 0.25) is 0 Å². The van der Waals surface area contributed by atoms with E-state index >= 15 is 0 Å². The van der Waals surface area contributed by atoms with E-state index in [0.29, 0.717) is 30.0 Å². The Morgan fingerprint density at radius 1 is 1.47 bits per heavy atom. The van der Waals surface area contributed by atoms with Gasteiger partial charge in [0.2, 0.25) is 10.0 Å². The van der Waals surface area contributed by atoms with Crippen molar-refractivity contribution in [1.82, 2.24) is 4.72 Å². The van der Waals surface area contributed by atoms with Crippen LogP contribution in [0.15, 0.2) is 23.1 Å². The topological polar surface area (TPSA) is 81.4 Å². The molecular weight excluding hydrogens is 264 g/mol. The highest BCUT2D eigenvalue weighted by Gasteiger charge is 2.30. The van der Waals surface area contributed by atoms with Crippen LogP contribution in [0.1, 0.15) is 24.5 Å². The summed E-state index contributed by atoms with van der Waals surface area (Å²) in [7, 11) is -3.53. The van der Waals surface area contributed by atoms with Crippen molar-refractivity contribution in [1.29, 1.82) is 0 Å². The van der Waals surface area contributed by atoms with E-state index in [4.69, 9.17) is 10.5 Å². The maximum absolute atomic E-state index is 12.4. The summed E-state index contributed by atoms with van der Waals surface area (Å²) >= 11 is 0. The fourth-order valence-corrected chi connectivity index (χ4v) is 3.95. The molecule has 0 radical (unpaired) electrons. The van der Waals surface area contributed by atoms with Crippen molar-refractivity contribution in [3.05, 3.63) is 29.3 Å². The molecule has 2 rings (SSSR count). The molecule has 0 bridgehead atoms. The first-order valence-corrected chi connectivity index (χ1v) is 7.86. The van der Waals surface area contributed by atoms with Crippen molar-refractivity contribution in [3.63, 3.8) is 0 Å². The van der Waals surface area contributed by atoms with E-state index in [0.717, 1.165) is 5.56 Å². The average Bonchev–Trinajstić information content (AvgIpc) is 2.74. The molecule has 0 spiro atoms. The fraction of sp³-hybridized carbons (Fsp3) is 0.538. The van der Waals surface area contributed by atoms with Gasteiger partial charge in [-0.3, -0.25) is 0 Å². The lowest BCUT2D eigenvalue weighted by molar-refractivity contribution is 0.117. The van der Waals surface area contributed by atoms with Crippen molar-refractivity contribution >= 4 is 10.0 Å². The molecule has 106 valence electrons. The molecule has 0 saturated carbocycles. The van der Waals surface area contributed by atoms with Gasteiger partial charge in [-0.15, -0.1) is 0 Å². The Labute approximate surface area is 114 Å². The molecule has 0 amide bonds. The van der Waals surface area contributed by atoms with Gasteiger partial charge in [0, 0.05) is 13.2 Å². The predicted molar refractivity (Wildman–Crippen MR) is 73.2 cm³/mol. The Balaban J connectivity index is 2.29. The number of rotatable bonds is 4. The summed E-state index contributed by atoms with van der Waals surface area (Å²) in [5.41, 5.74) is 7.17. The molecule has 2 atom stereocenters. The Morgan fingerprint density at radius 2 is 2.21 bits per heavy atom. The van der Waals surface area contributed by atoms with Crippen LogP contribution in [0, 0.1) is 6.92 Å². The third kappa shape index (κ3) is 2.97. The monoisotopic (exact) mass is 284 g/mol. The normalized spacial score (nSPS) is 23.7. The largest absolute Gasteiger partial charge is 0.377 e. The van der Waals surface area contributed by atoms with Crippen LogP contribution in [-0.2, 0) is 21.3 Å². The minimum atomic E-state index is -3.53.